The molecule has 0 aliphatic heterocycles. The lowest BCUT2D eigenvalue weighted by Gasteiger charge is -2.13. The topological polar surface area (TPSA) is 96.2 Å². The van der Waals surface area contributed by atoms with E-state index < -0.39 is 0 Å². The van der Waals surface area contributed by atoms with Crippen LogP contribution in [0.15, 0.2) is 89.9 Å². The number of aromatic amines is 2. The predicted molar refractivity (Wildman–Crippen MR) is 145 cm³/mol. The summed E-state index contributed by atoms with van der Waals surface area (Å²) in [7, 11) is 3.21. The van der Waals surface area contributed by atoms with Crippen LogP contribution in [-0.2, 0) is 6.42 Å². The van der Waals surface area contributed by atoms with E-state index >= 15 is 0 Å². The molecule has 2 heterocycles. The fourth-order valence-corrected chi connectivity index (χ4v) is 4.62. The summed E-state index contributed by atoms with van der Waals surface area (Å²) in [4.78, 5) is 31.9. The van der Waals surface area contributed by atoms with Crippen LogP contribution in [0, 0.1) is 0 Å². The Balaban J connectivity index is 1.46. The van der Waals surface area contributed by atoms with E-state index in [2.05, 4.69) is 15.3 Å². The summed E-state index contributed by atoms with van der Waals surface area (Å²) in [5, 5.41) is 3.87. The number of ether oxygens (including phenoxy) is 2. The smallest absolute Gasteiger partial charge is 0.257 e. The Morgan fingerprint density at radius 3 is 2.51 bits per heavy atom. The van der Waals surface area contributed by atoms with Crippen molar-refractivity contribution in [1.82, 2.24) is 15.3 Å². The van der Waals surface area contributed by atoms with Gasteiger partial charge in [-0.2, -0.15) is 0 Å². The molecule has 5 aromatic rings. The van der Waals surface area contributed by atoms with Crippen molar-refractivity contribution in [1.29, 1.82) is 0 Å². The Hall–Kier alpha value is -4.78. The molecule has 0 bridgehead atoms. The van der Waals surface area contributed by atoms with Crippen LogP contribution in [-0.4, -0.2) is 36.6 Å². The fourth-order valence-electron chi connectivity index (χ4n) is 4.62. The molecule has 0 unspecified atom stereocenters. The Bertz CT molecular complexity index is 1620. The largest absolute Gasteiger partial charge is 0.493 e. The van der Waals surface area contributed by atoms with E-state index in [0.717, 1.165) is 27.6 Å². The second-order valence-corrected chi connectivity index (χ2v) is 8.57. The van der Waals surface area contributed by atoms with Crippen LogP contribution in [0.1, 0.15) is 15.9 Å². The minimum absolute atomic E-state index is 0.178. The van der Waals surface area contributed by atoms with Crippen LogP contribution in [0.4, 0.5) is 0 Å². The maximum absolute atomic E-state index is 13.1. The Morgan fingerprint density at radius 2 is 1.76 bits per heavy atom. The molecule has 0 saturated carbocycles. The maximum Gasteiger partial charge on any atom is 0.257 e. The Kier molecular flexibility index (Phi) is 6.76. The molecule has 3 N–H and O–H groups in total. The number of amides is 1. The quantitative estimate of drug-likeness (QED) is 0.278. The van der Waals surface area contributed by atoms with E-state index in [-0.39, 0.29) is 11.5 Å². The highest BCUT2D eigenvalue weighted by Gasteiger charge is 2.19. The molecule has 3 aromatic carbocycles. The molecule has 0 aliphatic rings. The van der Waals surface area contributed by atoms with Gasteiger partial charge in [0.05, 0.1) is 25.5 Å². The number of pyridine rings is 1. The maximum atomic E-state index is 13.1. The minimum atomic E-state index is -0.183. The molecule has 2 aromatic heterocycles. The number of benzene rings is 3. The van der Waals surface area contributed by atoms with Crippen molar-refractivity contribution in [2.75, 3.05) is 20.8 Å². The summed E-state index contributed by atoms with van der Waals surface area (Å²) in [5.41, 5.74) is 5.23. The number of carbonyl (C=O) groups is 1. The van der Waals surface area contributed by atoms with Crippen molar-refractivity contribution in [2.24, 2.45) is 0 Å². The van der Waals surface area contributed by atoms with E-state index in [1.54, 1.807) is 38.6 Å². The van der Waals surface area contributed by atoms with Gasteiger partial charge in [-0.15, -0.1) is 0 Å². The summed E-state index contributed by atoms with van der Waals surface area (Å²) in [5.74, 6) is 1.15. The number of methoxy groups -OCH3 is 2. The summed E-state index contributed by atoms with van der Waals surface area (Å²) in [6.07, 6.45) is 2.20. The molecule has 0 aliphatic carbocycles. The van der Waals surface area contributed by atoms with Crippen LogP contribution >= 0.6 is 0 Å². The molecule has 186 valence electrons. The zero-order chi connectivity index (χ0) is 25.8. The monoisotopic (exact) mass is 493 g/mol. The van der Waals surface area contributed by atoms with Crippen molar-refractivity contribution >= 4 is 16.8 Å². The van der Waals surface area contributed by atoms with Crippen molar-refractivity contribution < 1.29 is 14.3 Å². The van der Waals surface area contributed by atoms with Crippen LogP contribution < -0.4 is 20.3 Å². The van der Waals surface area contributed by atoms with Crippen LogP contribution in [0.2, 0.25) is 0 Å². The first-order chi connectivity index (χ1) is 18.1. The molecular formula is C30H27N3O4. The standard InChI is InChI=1S/C30H27N3O4/c1-36-25-12-6-10-20(28(25)37-2)15-17-32-29(34)21-13-14-24-23(18-21)26(19-8-4-3-5-9-19)27(33-24)22-11-7-16-31-30(22)35/h3-14,16,18,33H,15,17H2,1-2H3,(H,31,35)(H,32,34). The molecule has 7 heteroatoms. The number of carbonyl (C=O) groups excluding carboxylic acids is 1. The summed E-state index contributed by atoms with van der Waals surface area (Å²) in [6.45, 7) is 0.434. The number of nitrogens with one attached hydrogen (secondary N) is 3. The third-order valence-electron chi connectivity index (χ3n) is 6.38. The number of fused-ring (bicyclic) bond motifs is 1. The zero-order valence-corrected chi connectivity index (χ0v) is 20.6. The third kappa shape index (κ3) is 4.71. The highest BCUT2D eigenvalue weighted by Crippen LogP contribution is 2.37. The first kappa shape index (κ1) is 23.9. The second-order valence-electron chi connectivity index (χ2n) is 8.57. The second kappa shape index (κ2) is 10.5. The van der Waals surface area contributed by atoms with Gasteiger partial charge in [-0.05, 0) is 53.9 Å². The first-order valence-electron chi connectivity index (χ1n) is 12.0. The van der Waals surface area contributed by atoms with Crippen molar-refractivity contribution in [3.05, 3.63) is 107 Å². The highest BCUT2D eigenvalue weighted by molar-refractivity contribution is 6.07. The van der Waals surface area contributed by atoms with Crippen LogP contribution in [0.25, 0.3) is 33.3 Å². The first-order valence-corrected chi connectivity index (χ1v) is 12.0. The van der Waals surface area contributed by atoms with Gasteiger partial charge in [-0.3, -0.25) is 9.59 Å². The Morgan fingerprint density at radius 1 is 0.919 bits per heavy atom. The van der Waals surface area contributed by atoms with Crippen molar-refractivity contribution in [3.8, 4) is 33.9 Å². The van der Waals surface area contributed by atoms with Crippen molar-refractivity contribution in [2.45, 2.75) is 6.42 Å². The van der Waals surface area contributed by atoms with Gasteiger partial charge in [0.1, 0.15) is 0 Å². The number of aromatic nitrogens is 2. The molecule has 0 fully saturated rings. The Labute approximate surface area is 214 Å². The SMILES string of the molecule is COc1cccc(CCNC(=O)c2ccc3[nH]c(-c4ccc[nH]c4=O)c(-c4ccccc4)c3c2)c1OC. The lowest BCUT2D eigenvalue weighted by Crippen LogP contribution is -2.25. The lowest BCUT2D eigenvalue weighted by molar-refractivity contribution is 0.0954. The highest BCUT2D eigenvalue weighted by atomic mass is 16.5. The average molecular weight is 494 g/mol. The summed E-state index contributed by atoms with van der Waals surface area (Å²) in [6, 6.07) is 24.7. The summed E-state index contributed by atoms with van der Waals surface area (Å²) < 4.78 is 10.9. The number of rotatable bonds is 8. The van der Waals surface area contributed by atoms with Gasteiger partial charge in [-0.25, -0.2) is 0 Å². The van der Waals surface area contributed by atoms with E-state index in [1.807, 2.05) is 60.7 Å². The van der Waals surface area contributed by atoms with Gasteiger partial charge in [-0.1, -0.05) is 42.5 Å². The van der Waals surface area contributed by atoms with Gasteiger partial charge < -0.3 is 24.8 Å². The molecule has 5 rings (SSSR count). The fraction of sp³-hybridized carbons (Fsp3) is 0.133. The van der Waals surface area contributed by atoms with E-state index in [0.29, 0.717) is 41.3 Å². The molecule has 0 radical (unpaired) electrons. The molecule has 1 amide bonds. The molecule has 0 atom stereocenters. The van der Waals surface area contributed by atoms with Gasteiger partial charge in [0, 0.05) is 34.8 Å². The molecule has 7 nitrogen and oxygen atoms in total. The van der Waals surface area contributed by atoms with Gasteiger partial charge in [0.2, 0.25) is 0 Å². The zero-order valence-electron chi connectivity index (χ0n) is 20.6. The number of hydrogen-bond acceptors (Lipinski definition) is 4. The van der Waals surface area contributed by atoms with Crippen LogP contribution in [0.3, 0.4) is 0 Å². The third-order valence-corrected chi connectivity index (χ3v) is 6.38. The van der Waals surface area contributed by atoms with Gasteiger partial charge >= 0.3 is 0 Å². The van der Waals surface area contributed by atoms with Gasteiger partial charge in [0.15, 0.2) is 11.5 Å². The summed E-state index contributed by atoms with van der Waals surface area (Å²) >= 11 is 0. The average Bonchev–Trinajstić information content (AvgIpc) is 3.32. The number of para-hydroxylation sites is 1. The van der Waals surface area contributed by atoms with E-state index in [4.69, 9.17) is 9.47 Å². The number of hydrogen-bond donors (Lipinski definition) is 3. The minimum Gasteiger partial charge on any atom is -0.493 e. The van der Waals surface area contributed by atoms with Crippen LogP contribution in [0.5, 0.6) is 11.5 Å². The predicted octanol–water partition coefficient (Wildman–Crippen LogP) is 5.18. The lowest BCUT2D eigenvalue weighted by atomic mass is 9.98. The molecule has 0 spiro atoms. The molecule has 0 saturated heterocycles. The van der Waals surface area contributed by atoms with Gasteiger partial charge in [0.25, 0.3) is 11.5 Å². The van der Waals surface area contributed by atoms with E-state index in [9.17, 15) is 9.59 Å². The van der Waals surface area contributed by atoms with Crippen molar-refractivity contribution in [3.63, 3.8) is 0 Å². The molecular weight excluding hydrogens is 466 g/mol. The normalized spacial score (nSPS) is 10.9. The number of H-pyrrole nitrogens is 2. The molecule has 37 heavy (non-hydrogen) atoms. The van der Waals surface area contributed by atoms with E-state index in [1.165, 1.54) is 0 Å².